The number of nitrogens with one attached hydrogen (secondary N) is 1. The first-order valence-corrected chi connectivity index (χ1v) is 6.23. The third kappa shape index (κ3) is 2.96. The summed E-state index contributed by atoms with van der Waals surface area (Å²) in [6.45, 7) is 1.93. The summed E-state index contributed by atoms with van der Waals surface area (Å²) < 4.78 is 1.41. The summed E-state index contributed by atoms with van der Waals surface area (Å²) in [6.07, 6.45) is 4.22. The molecule has 0 bridgehead atoms. The van der Waals surface area contributed by atoms with Crippen molar-refractivity contribution in [2.75, 3.05) is 0 Å². The lowest BCUT2D eigenvalue weighted by Crippen LogP contribution is -2.18. The number of nitrogens with zero attached hydrogens (tertiary/aromatic N) is 4. The molecule has 1 unspecified atom stereocenters. The summed E-state index contributed by atoms with van der Waals surface area (Å²) in [5.74, 6) is 0. The summed E-state index contributed by atoms with van der Waals surface area (Å²) in [7, 11) is 1.64. The molecule has 0 aromatic carbocycles. The van der Waals surface area contributed by atoms with Crippen LogP contribution in [-0.4, -0.2) is 30.8 Å². The lowest BCUT2D eigenvalue weighted by atomic mass is 10.1. The van der Waals surface area contributed by atoms with Crippen LogP contribution in [0.1, 0.15) is 12.5 Å². The summed E-state index contributed by atoms with van der Waals surface area (Å²) >= 11 is 1.23. The molecule has 2 rings (SSSR count). The van der Waals surface area contributed by atoms with Crippen LogP contribution in [0.5, 0.6) is 0 Å². The van der Waals surface area contributed by atoms with Gasteiger partial charge in [0.15, 0.2) is 10.3 Å². The van der Waals surface area contributed by atoms with Crippen LogP contribution >= 0.6 is 11.8 Å². The molecule has 0 fully saturated rings. The van der Waals surface area contributed by atoms with Gasteiger partial charge < -0.3 is 5.73 Å². The van der Waals surface area contributed by atoms with Gasteiger partial charge in [-0.25, -0.2) is 19.9 Å². The van der Waals surface area contributed by atoms with Crippen LogP contribution in [0.2, 0.25) is 0 Å². The van der Waals surface area contributed by atoms with E-state index in [0.29, 0.717) is 10.3 Å². The number of hydrogen-bond acceptors (Lipinski definition) is 6. The fourth-order valence-electron chi connectivity index (χ4n) is 1.38. The van der Waals surface area contributed by atoms with Crippen LogP contribution in [0.3, 0.4) is 0 Å². The molecule has 2 heterocycles. The van der Waals surface area contributed by atoms with E-state index in [1.54, 1.807) is 19.4 Å². The first-order chi connectivity index (χ1) is 8.56. The Kier molecular flexibility index (Phi) is 3.78. The number of aromatic nitrogens is 5. The Balaban J connectivity index is 2.11. The number of rotatable bonds is 4. The van der Waals surface area contributed by atoms with Gasteiger partial charge in [0.1, 0.15) is 0 Å². The van der Waals surface area contributed by atoms with Gasteiger partial charge in [0.05, 0.1) is 0 Å². The van der Waals surface area contributed by atoms with Crippen LogP contribution in [0.25, 0.3) is 0 Å². The Hall–Kier alpha value is -1.67. The number of aromatic amines is 1. The van der Waals surface area contributed by atoms with Crippen molar-refractivity contribution in [3.05, 3.63) is 28.4 Å². The molecule has 0 radical (unpaired) electrons. The quantitative estimate of drug-likeness (QED) is 0.751. The zero-order chi connectivity index (χ0) is 13.1. The molecule has 0 aliphatic heterocycles. The van der Waals surface area contributed by atoms with Gasteiger partial charge in [-0.1, -0.05) is 0 Å². The van der Waals surface area contributed by atoms with Crippen molar-refractivity contribution >= 4 is 11.8 Å². The van der Waals surface area contributed by atoms with Gasteiger partial charge >= 0.3 is 5.69 Å². The molecule has 0 saturated carbocycles. The summed E-state index contributed by atoms with van der Waals surface area (Å²) in [4.78, 5) is 19.6. The molecule has 1 atom stereocenters. The minimum absolute atomic E-state index is 0.0827. The molecule has 96 valence electrons. The van der Waals surface area contributed by atoms with Crippen LogP contribution in [0.4, 0.5) is 0 Å². The van der Waals surface area contributed by atoms with Crippen LogP contribution in [-0.2, 0) is 13.5 Å². The fraction of sp³-hybridized carbons (Fsp3) is 0.400. The van der Waals surface area contributed by atoms with Gasteiger partial charge in [0, 0.05) is 25.5 Å². The molecular weight excluding hydrogens is 252 g/mol. The second-order valence-corrected chi connectivity index (χ2v) is 4.96. The Morgan fingerprint density at radius 3 is 2.67 bits per heavy atom. The molecule has 8 heteroatoms. The second-order valence-electron chi connectivity index (χ2n) is 4.03. The van der Waals surface area contributed by atoms with Crippen LogP contribution in [0.15, 0.2) is 27.5 Å². The van der Waals surface area contributed by atoms with Gasteiger partial charge in [-0.2, -0.15) is 0 Å². The van der Waals surface area contributed by atoms with Crippen LogP contribution in [0, 0.1) is 0 Å². The molecule has 7 nitrogen and oxygen atoms in total. The fourth-order valence-corrected chi connectivity index (χ4v) is 2.06. The first-order valence-electron chi connectivity index (χ1n) is 5.42. The molecule has 3 N–H and O–H groups in total. The predicted octanol–water partition coefficient (Wildman–Crippen LogP) is -0.0607. The Bertz CT molecular complexity index is 573. The topological polar surface area (TPSA) is 102 Å². The van der Waals surface area contributed by atoms with Gasteiger partial charge in [-0.3, -0.25) is 4.57 Å². The van der Waals surface area contributed by atoms with E-state index in [0.717, 1.165) is 12.0 Å². The molecule has 0 aliphatic carbocycles. The first kappa shape index (κ1) is 12.8. The molecule has 2 aromatic heterocycles. The number of hydrogen-bond donors (Lipinski definition) is 2. The van der Waals surface area contributed by atoms with Crippen molar-refractivity contribution in [2.45, 2.75) is 29.7 Å². The molecule has 0 amide bonds. The van der Waals surface area contributed by atoms with E-state index in [-0.39, 0.29) is 11.7 Å². The highest BCUT2D eigenvalue weighted by Gasteiger charge is 2.08. The van der Waals surface area contributed by atoms with Crippen molar-refractivity contribution in [1.29, 1.82) is 0 Å². The van der Waals surface area contributed by atoms with Crippen molar-refractivity contribution in [3.63, 3.8) is 0 Å². The van der Waals surface area contributed by atoms with E-state index in [1.165, 1.54) is 16.3 Å². The highest BCUT2D eigenvalue weighted by molar-refractivity contribution is 7.99. The standard InChI is InChI=1S/C10H14N6OS/c1-6(11)3-7-4-12-8(13-5-7)18-10-15-14-9(17)16(10)2/h4-6H,3,11H2,1-2H3,(H,14,17). The molecule has 18 heavy (non-hydrogen) atoms. The maximum atomic E-state index is 11.2. The lowest BCUT2D eigenvalue weighted by Gasteiger charge is -2.04. The maximum absolute atomic E-state index is 11.2. The highest BCUT2D eigenvalue weighted by atomic mass is 32.2. The van der Waals surface area contributed by atoms with E-state index in [4.69, 9.17) is 5.73 Å². The molecule has 0 spiro atoms. The van der Waals surface area contributed by atoms with Crippen molar-refractivity contribution in [3.8, 4) is 0 Å². The molecule has 0 aliphatic rings. The van der Waals surface area contributed by atoms with Crippen molar-refractivity contribution in [2.24, 2.45) is 12.8 Å². The second kappa shape index (κ2) is 5.32. The monoisotopic (exact) mass is 266 g/mol. The van der Waals surface area contributed by atoms with Gasteiger partial charge in [-0.15, -0.1) is 5.10 Å². The Morgan fingerprint density at radius 1 is 1.50 bits per heavy atom. The smallest absolute Gasteiger partial charge is 0.328 e. The molecule has 0 saturated heterocycles. The zero-order valence-corrected chi connectivity index (χ0v) is 10.9. The van der Waals surface area contributed by atoms with Crippen molar-refractivity contribution in [1.82, 2.24) is 24.7 Å². The van der Waals surface area contributed by atoms with E-state index in [2.05, 4.69) is 20.2 Å². The van der Waals surface area contributed by atoms with E-state index < -0.39 is 0 Å². The van der Waals surface area contributed by atoms with E-state index in [1.807, 2.05) is 6.92 Å². The third-order valence-corrected chi connectivity index (χ3v) is 3.20. The third-order valence-electron chi connectivity index (χ3n) is 2.26. The molecular formula is C10H14N6OS. The maximum Gasteiger partial charge on any atom is 0.343 e. The summed E-state index contributed by atoms with van der Waals surface area (Å²) in [5.41, 5.74) is 6.43. The van der Waals surface area contributed by atoms with Gasteiger partial charge in [0.2, 0.25) is 0 Å². The van der Waals surface area contributed by atoms with E-state index in [9.17, 15) is 4.79 Å². The average molecular weight is 266 g/mol. The minimum atomic E-state index is -0.258. The predicted molar refractivity (Wildman–Crippen MR) is 67.3 cm³/mol. The van der Waals surface area contributed by atoms with E-state index >= 15 is 0 Å². The van der Waals surface area contributed by atoms with Gasteiger partial charge in [0.25, 0.3) is 0 Å². The highest BCUT2D eigenvalue weighted by Crippen LogP contribution is 2.19. The lowest BCUT2D eigenvalue weighted by molar-refractivity contribution is 0.726. The minimum Gasteiger partial charge on any atom is -0.328 e. The van der Waals surface area contributed by atoms with Crippen molar-refractivity contribution < 1.29 is 0 Å². The number of H-pyrrole nitrogens is 1. The number of nitrogens with two attached hydrogens (primary N) is 1. The zero-order valence-electron chi connectivity index (χ0n) is 10.1. The molecule has 2 aromatic rings. The van der Waals surface area contributed by atoms with Gasteiger partial charge in [-0.05, 0) is 30.7 Å². The average Bonchev–Trinajstić information content (AvgIpc) is 2.63. The largest absolute Gasteiger partial charge is 0.343 e. The van der Waals surface area contributed by atoms with Crippen LogP contribution < -0.4 is 11.4 Å². The SMILES string of the molecule is CC(N)Cc1cnc(Sc2n[nH]c(=O)n2C)nc1. The normalized spacial score (nSPS) is 12.6. The Morgan fingerprint density at radius 2 is 2.17 bits per heavy atom. The summed E-state index contributed by atoms with van der Waals surface area (Å²) in [6, 6.07) is 0.0827. The summed E-state index contributed by atoms with van der Waals surface area (Å²) in [5, 5.41) is 7.30. The Labute approximate surface area is 108 Å².